The van der Waals surface area contributed by atoms with Crippen molar-refractivity contribution in [3.63, 3.8) is 0 Å². The molecule has 0 spiro atoms. The Morgan fingerprint density at radius 3 is 2.75 bits per heavy atom. The van der Waals surface area contributed by atoms with Gasteiger partial charge in [-0.3, -0.25) is 4.79 Å². The summed E-state index contributed by atoms with van der Waals surface area (Å²) in [6.45, 7) is 3.48. The molecule has 0 radical (unpaired) electrons. The van der Waals surface area contributed by atoms with Crippen LogP contribution < -0.4 is 0 Å². The molecule has 0 unspecified atom stereocenters. The number of aliphatic hydroxyl groups is 2. The molecule has 1 aromatic carbocycles. The number of aryl methyl sites for hydroxylation is 1. The Hall–Kier alpha value is -1.39. The minimum absolute atomic E-state index is 0.0433. The summed E-state index contributed by atoms with van der Waals surface area (Å²) in [4.78, 5) is 12.2. The van der Waals surface area contributed by atoms with Crippen molar-refractivity contribution in [2.75, 3.05) is 0 Å². The summed E-state index contributed by atoms with van der Waals surface area (Å²) < 4.78 is 0. The average Bonchev–Trinajstić information content (AvgIpc) is 2.79. The third-order valence-corrected chi connectivity index (χ3v) is 7.42. The van der Waals surface area contributed by atoms with E-state index < -0.39 is 17.1 Å². The molecule has 1 aromatic rings. The highest BCUT2D eigenvalue weighted by Gasteiger charge is 2.65. The van der Waals surface area contributed by atoms with E-state index in [9.17, 15) is 20.1 Å². The van der Waals surface area contributed by atoms with Crippen LogP contribution in [0.1, 0.15) is 56.6 Å². The Labute approximate surface area is 142 Å². The number of carbonyl (C=O) groups excluding carboxylic acids is 1. The number of benzene rings is 1. The fourth-order valence-corrected chi connectivity index (χ4v) is 6.23. The largest absolute Gasteiger partial charge is 0.508 e. The molecule has 0 aliphatic heterocycles. The Kier molecular flexibility index (Phi) is 3.39. The van der Waals surface area contributed by atoms with Gasteiger partial charge in [-0.05, 0) is 74.1 Å². The van der Waals surface area contributed by atoms with Crippen molar-refractivity contribution in [2.45, 2.75) is 63.6 Å². The highest BCUT2D eigenvalue weighted by molar-refractivity contribution is 5.86. The first-order valence-corrected chi connectivity index (χ1v) is 9.01. The molecule has 24 heavy (non-hydrogen) atoms. The van der Waals surface area contributed by atoms with Crippen molar-refractivity contribution >= 4 is 5.78 Å². The third kappa shape index (κ3) is 1.90. The number of rotatable bonds is 1. The Balaban J connectivity index is 1.77. The summed E-state index contributed by atoms with van der Waals surface area (Å²) in [7, 11) is 0. The van der Waals surface area contributed by atoms with Crippen molar-refractivity contribution in [3.05, 3.63) is 29.3 Å². The maximum absolute atomic E-state index is 12.2. The lowest BCUT2D eigenvalue weighted by Crippen LogP contribution is -2.57. The van der Waals surface area contributed by atoms with E-state index in [4.69, 9.17) is 0 Å². The lowest BCUT2D eigenvalue weighted by Gasteiger charge is -2.54. The molecule has 0 amide bonds. The zero-order chi connectivity index (χ0) is 17.3. The summed E-state index contributed by atoms with van der Waals surface area (Å²) in [5.74, 6) is 0.682. The number of ketones is 1. The van der Waals surface area contributed by atoms with Crippen LogP contribution in [0.5, 0.6) is 5.75 Å². The zero-order valence-corrected chi connectivity index (χ0v) is 14.3. The number of aromatic hydroxyl groups is 1. The molecule has 3 aliphatic rings. The van der Waals surface area contributed by atoms with Gasteiger partial charge in [-0.1, -0.05) is 13.0 Å². The van der Waals surface area contributed by atoms with Gasteiger partial charge in [0.15, 0.2) is 5.78 Å². The van der Waals surface area contributed by atoms with Crippen LogP contribution in [0.2, 0.25) is 0 Å². The number of hydrogen-bond acceptors (Lipinski definition) is 4. The van der Waals surface area contributed by atoms with Crippen LogP contribution in [0, 0.1) is 17.3 Å². The number of Topliss-reactive ketones (excluding diaryl/α,β-unsaturated/α-hetero) is 1. The predicted octanol–water partition coefficient (Wildman–Crippen LogP) is 2.54. The first kappa shape index (κ1) is 16.1. The molecule has 2 fully saturated rings. The Morgan fingerprint density at radius 2 is 2.04 bits per heavy atom. The molecule has 0 bridgehead atoms. The van der Waals surface area contributed by atoms with E-state index in [1.807, 2.05) is 19.1 Å². The van der Waals surface area contributed by atoms with Gasteiger partial charge in [0.2, 0.25) is 0 Å². The smallest absolute Gasteiger partial charge is 0.161 e. The van der Waals surface area contributed by atoms with Crippen molar-refractivity contribution in [1.29, 1.82) is 0 Å². The maximum atomic E-state index is 12.2. The predicted molar refractivity (Wildman–Crippen MR) is 89.7 cm³/mol. The topological polar surface area (TPSA) is 77.8 Å². The highest BCUT2D eigenvalue weighted by Crippen LogP contribution is 2.64. The van der Waals surface area contributed by atoms with Gasteiger partial charge in [0.05, 0.1) is 6.10 Å². The van der Waals surface area contributed by atoms with Gasteiger partial charge >= 0.3 is 0 Å². The van der Waals surface area contributed by atoms with E-state index >= 15 is 0 Å². The SMILES string of the molecule is CC(=O)[C@@]1(O)CC[C@H]2[C@@H]3CCc4cc(O)ccc4[C@H]3[C@@H](O)C[C@@]21C. The zero-order valence-electron chi connectivity index (χ0n) is 14.3. The molecule has 0 saturated heterocycles. The van der Waals surface area contributed by atoms with Crippen LogP contribution in [-0.2, 0) is 11.2 Å². The van der Waals surface area contributed by atoms with E-state index in [-0.39, 0.29) is 29.3 Å². The number of carbonyl (C=O) groups is 1. The summed E-state index contributed by atoms with van der Waals surface area (Å²) in [6.07, 6.45) is 3.05. The monoisotopic (exact) mass is 330 g/mol. The van der Waals surface area contributed by atoms with Gasteiger partial charge < -0.3 is 15.3 Å². The molecule has 4 nitrogen and oxygen atoms in total. The molecular formula is C20H26O4. The maximum Gasteiger partial charge on any atom is 0.161 e. The van der Waals surface area contributed by atoms with Crippen LogP contribution >= 0.6 is 0 Å². The Bertz CT molecular complexity index is 699. The molecule has 0 heterocycles. The standard InChI is InChI=1S/C20H26O4/c1-11(21)20(24)8-7-16-15-5-3-12-9-13(22)4-6-14(12)18(15)17(23)10-19(16,20)2/h4,6,9,15-18,22-24H,3,5,7-8,10H2,1-2H3/t15-,16-,17-,18+,19-,20-/m0/s1. The average molecular weight is 330 g/mol. The molecule has 130 valence electrons. The minimum Gasteiger partial charge on any atom is -0.508 e. The normalized spacial score (nSPS) is 43.7. The van der Waals surface area contributed by atoms with Crippen molar-refractivity contribution in [3.8, 4) is 5.75 Å². The molecule has 6 atom stereocenters. The van der Waals surface area contributed by atoms with Gasteiger partial charge in [0.25, 0.3) is 0 Å². The quantitative estimate of drug-likeness (QED) is 0.739. The van der Waals surface area contributed by atoms with Gasteiger partial charge in [0.1, 0.15) is 11.4 Å². The van der Waals surface area contributed by atoms with E-state index in [2.05, 4.69) is 0 Å². The number of phenolic OH excluding ortho intramolecular Hbond substituents is 1. The first-order chi connectivity index (χ1) is 11.3. The number of aliphatic hydroxyl groups excluding tert-OH is 1. The van der Waals surface area contributed by atoms with Crippen LogP contribution in [0.4, 0.5) is 0 Å². The van der Waals surface area contributed by atoms with Gasteiger partial charge in [-0.25, -0.2) is 0 Å². The second-order valence-corrected chi connectivity index (χ2v) is 8.36. The van der Waals surface area contributed by atoms with Crippen LogP contribution in [0.25, 0.3) is 0 Å². The van der Waals surface area contributed by atoms with Crippen molar-refractivity contribution in [2.24, 2.45) is 17.3 Å². The summed E-state index contributed by atoms with van der Waals surface area (Å²) in [5.41, 5.74) is 0.405. The molecule has 0 aromatic heterocycles. The van der Waals surface area contributed by atoms with Crippen molar-refractivity contribution in [1.82, 2.24) is 0 Å². The van der Waals surface area contributed by atoms with Gasteiger partial charge in [0, 0.05) is 11.3 Å². The molecule has 2 saturated carbocycles. The molecule has 4 rings (SSSR count). The fraction of sp³-hybridized carbons (Fsp3) is 0.650. The highest BCUT2D eigenvalue weighted by atomic mass is 16.3. The summed E-state index contributed by atoms with van der Waals surface area (Å²) in [6, 6.07) is 5.45. The number of fused-ring (bicyclic) bond motifs is 5. The number of phenols is 1. The van der Waals surface area contributed by atoms with E-state index in [1.54, 1.807) is 6.07 Å². The van der Waals surface area contributed by atoms with Crippen LogP contribution in [0.3, 0.4) is 0 Å². The minimum atomic E-state index is -1.31. The summed E-state index contributed by atoms with van der Waals surface area (Å²) >= 11 is 0. The van der Waals surface area contributed by atoms with E-state index in [0.717, 1.165) is 30.4 Å². The first-order valence-electron chi connectivity index (χ1n) is 9.01. The fourth-order valence-electron chi connectivity index (χ4n) is 6.23. The second-order valence-electron chi connectivity index (χ2n) is 8.36. The number of hydrogen-bond donors (Lipinski definition) is 3. The van der Waals surface area contributed by atoms with Crippen LogP contribution in [-0.4, -0.2) is 32.8 Å². The van der Waals surface area contributed by atoms with Crippen molar-refractivity contribution < 1.29 is 20.1 Å². The van der Waals surface area contributed by atoms with Crippen LogP contribution in [0.15, 0.2) is 18.2 Å². The molecule has 3 N–H and O–H groups in total. The lowest BCUT2D eigenvalue weighted by molar-refractivity contribution is -0.162. The Morgan fingerprint density at radius 1 is 1.29 bits per heavy atom. The van der Waals surface area contributed by atoms with E-state index in [0.29, 0.717) is 12.8 Å². The molecular weight excluding hydrogens is 304 g/mol. The summed E-state index contributed by atoms with van der Waals surface area (Å²) in [5, 5.41) is 31.8. The molecule has 4 heteroatoms. The van der Waals surface area contributed by atoms with E-state index in [1.165, 1.54) is 6.92 Å². The van der Waals surface area contributed by atoms with Gasteiger partial charge in [-0.2, -0.15) is 0 Å². The molecule has 3 aliphatic carbocycles. The second kappa shape index (κ2) is 5.06. The third-order valence-electron chi connectivity index (χ3n) is 7.42. The lowest BCUT2D eigenvalue weighted by atomic mass is 9.52. The van der Waals surface area contributed by atoms with Gasteiger partial charge in [-0.15, -0.1) is 0 Å².